The lowest BCUT2D eigenvalue weighted by molar-refractivity contribution is -0.384. The molecule has 11 heteroatoms. The van der Waals surface area contributed by atoms with E-state index in [1.54, 1.807) is 0 Å². The summed E-state index contributed by atoms with van der Waals surface area (Å²) in [5.41, 5.74) is -1.93. The van der Waals surface area contributed by atoms with Gasteiger partial charge in [-0.15, -0.1) is 0 Å². The van der Waals surface area contributed by atoms with E-state index in [1.165, 1.54) is 24.3 Å². The second-order valence-corrected chi connectivity index (χ2v) is 6.10. The fourth-order valence-corrected chi connectivity index (χ4v) is 2.61. The van der Waals surface area contributed by atoms with E-state index in [0.29, 0.717) is 12.5 Å². The number of nitro benzene ring substituents is 1. The number of nitro groups is 1. The third-order valence-electron chi connectivity index (χ3n) is 3.65. The number of nitrogens with one attached hydrogen (secondary N) is 2. The van der Waals surface area contributed by atoms with E-state index in [2.05, 4.69) is 10.6 Å². The van der Waals surface area contributed by atoms with E-state index in [9.17, 15) is 33.2 Å². The molecule has 0 fully saturated rings. The molecule has 0 spiro atoms. The molecule has 2 aromatic carbocycles. The Morgan fingerprint density at radius 2 is 1.93 bits per heavy atom. The van der Waals surface area contributed by atoms with Gasteiger partial charge in [-0.2, -0.15) is 13.2 Å². The zero-order valence-corrected chi connectivity index (χ0v) is 15.0. The van der Waals surface area contributed by atoms with Gasteiger partial charge in [-0.25, -0.2) is 0 Å². The molecule has 0 unspecified atom stereocenters. The van der Waals surface area contributed by atoms with E-state index >= 15 is 0 Å². The number of carbonyl (C=O) groups excluding carboxylic acids is 1. The number of rotatable bonds is 7. The van der Waals surface area contributed by atoms with Crippen LogP contribution in [0.4, 0.5) is 24.5 Å². The number of aromatic hydroxyl groups is 1. The normalized spacial score (nSPS) is 11.1. The summed E-state index contributed by atoms with van der Waals surface area (Å²) in [6, 6.07) is 6.98. The lowest BCUT2D eigenvalue weighted by Gasteiger charge is -2.12. The van der Waals surface area contributed by atoms with Crippen molar-refractivity contribution in [2.24, 2.45) is 0 Å². The van der Waals surface area contributed by atoms with Crippen molar-refractivity contribution in [3.8, 4) is 5.75 Å². The van der Waals surface area contributed by atoms with Crippen molar-refractivity contribution < 1.29 is 28.0 Å². The van der Waals surface area contributed by atoms with Gasteiger partial charge in [0.2, 0.25) is 0 Å². The highest BCUT2D eigenvalue weighted by atomic mass is 35.5. The van der Waals surface area contributed by atoms with Gasteiger partial charge in [0.05, 0.1) is 15.5 Å². The van der Waals surface area contributed by atoms with Crippen molar-refractivity contribution >= 4 is 28.9 Å². The first kappa shape index (κ1) is 21.3. The van der Waals surface area contributed by atoms with Gasteiger partial charge in [-0.05, 0) is 30.7 Å². The van der Waals surface area contributed by atoms with Gasteiger partial charge in [-0.1, -0.05) is 17.7 Å². The molecule has 0 saturated carbocycles. The fourth-order valence-electron chi connectivity index (χ4n) is 2.33. The predicted molar refractivity (Wildman–Crippen MR) is 96.7 cm³/mol. The molecule has 0 aliphatic heterocycles. The van der Waals surface area contributed by atoms with Gasteiger partial charge in [0.15, 0.2) is 0 Å². The summed E-state index contributed by atoms with van der Waals surface area (Å²) in [5, 5.41) is 25.0. The van der Waals surface area contributed by atoms with Gasteiger partial charge in [0.25, 0.3) is 11.6 Å². The molecule has 0 aromatic heterocycles. The zero-order chi connectivity index (χ0) is 20.9. The van der Waals surface area contributed by atoms with Gasteiger partial charge in [0, 0.05) is 24.7 Å². The fraction of sp³-hybridized carbons (Fsp3) is 0.235. The van der Waals surface area contributed by atoms with Crippen molar-refractivity contribution in [2.45, 2.75) is 12.6 Å². The summed E-state index contributed by atoms with van der Waals surface area (Å²) in [6.07, 6.45) is -4.48. The Balaban J connectivity index is 1.94. The molecule has 150 valence electrons. The molecule has 3 N–H and O–H groups in total. The molecule has 0 atom stereocenters. The Bertz CT molecular complexity index is 890. The highest BCUT2D eigenvalue weighted by Gasteiger charge is 2.36. The molecule has 28 heavy (non-hydrogen) atoms. The summed E-state index contributed by atoms with van der Waals surface area (Å²) >= 11 is 5.59. The maximum Gasteiger partial charge on any atom is 0.418 e. The highest BCUT2D eigenvalue weighted by Crippen LogP contribution is 2.40. The van der Waals surface area contributed by atoms with Crippen LogP contribution in [0.3, 0.4) is 0 Å². The number of benzene rings is 2. The van der Waals surface area contributed by atoms with E-state index in [-0.39, 0.29) is 30.1 Å². The van der Waals surface area contributed by atoms with E-state index < -0.39 is 33.3 Å². The average molecular weight is 418 g/mol. The lowest BCUT2D eigenvalue weighted by Crippen LogP contribution is -2.25. The first-order valence-corrected chi connectivity index (χ1v) is 8.33. The Morgan fingerprint density at radius 3 is 2.54 bits per heavy atom. The number of phenols is 1. The molecule has 0 aliphatic carbocycles. The number of alkyl halides is 3. The number of hydrogen-bond acceptors (Lipinski definition) is 5. The maximum atomic E-state index is 12.8. The minimum atomic E-state index is -4.81. The molecular formula is C17H15ClF3N3O4. The molecule has 2 aromatic rings. The summed E-state index contributed by atoms with van der Waals surface area (Å²) < 4.78 is 38.5. The number of phenolic OH excluding ortho intramolecular Hbond substituents is 1. The van der Waals surface area contributed by atoms with Crippen LogP contribution in [0.5, 0.6) is 5.75 Å². The van der Waals surface area contributed by atoms with Gasteiger partial charge in [-0.3, -0.25) is 14.9 Å². The number of halogens is 4. The molecule has 0 heterocycles. The molecule has 0 bridgehead atoms. The van der Waals surface area contributed by atoms with E-state index in [4.69, 9.17) is 11.6 Å². The second kappa shape index (κ2) is 8.79. The van der Waals surface area contributed by atoms with Crippen LogP contribution in [0.25, 0.3) is 0 Å². The zero-order valence-electron chi connectivity index (χ0n) is 14.2. The molecular weight excluding hydrogens is 403 g/mol. The van der Waals surface area contributed by atoms with Crippen molar-refractivity contribution in [3.63, 3.8) is 0 Å². The number of nitrogens with zero attached hydrogens (tertiary/aromatic N) is 1. The third kappa shape index (κ3) is 5.49. The molecule has 0 radical (unpaired) electrons. The second-order valence-electron chi connectivity index (χ2n) is 5.69. The monoisotopic (exact) mass is 417 g/mol. The first-order chi connectivity index (χ1) is 13.1. The lowest BCUT2D eigenvalue weighted by atomic mass is 10.1. The SMILES string of the molecule is O=C(NCCCNc1cc(Cl)c(C(F)(F)F)cc1[N+](=O)[O-])c1cccc(O)c1. The quantitative estimate of drug-likeness (QED) is 0.355. The van der Waals surface area contributed by atoms with Crippen LogP contribution in [0.15, 0.2) is 36.4 Å². The minimum absolute atomic E-state index is 0.0548. The average Bonchev–Trinajstić information content (AvgIpc) is 2.59. The van der Waals surface area contributed by atoms with E-state index in [0.717, 1.165) is 6.07 Å². The summed E-state index contributed by atoms with van der Waals surface area (Å²) in [7, 11) is 0. The largest absolute Gasteiger partial charge is 0.508 e. The number of amides is 1. The van der Waals surface area contributed by atoms with Crippen LogP contribution in [0.2, 0.25) is 5.02 Å². The highest BCUT2D eigenvalue weighted by molar-refractivity contribution is 6.31. The van der Waals surface area contributed by atoms with Gasteiger partial charge < -0.3 is 15.7 Å². The summed E-state index contributed by atoms with van der Waals surface area (Å²) in [5.74, 6) is -0.472. The first-order valence-electron chi connectivity index (χ1n) is 7.96. The Kier molecular flexibility index (Phi) is 6.68. The van der Waals surface area contributed by atoms with Crippen molar-refractivity contribution in [2.75, 3.05) is 18.4 Å². The van der Waals surface area contributed by atoms with Crippen molar-refractivity contribution in [1.82, 2.24) is 5.32 Å². The molecule has 2 rings (SSSR count). The predicted octanol–water partition coefficient (Wildman–Crippen LogP) is 4.20. The van der Waals surface area contributed by atoms with Gasteiger partial charge >= 0.3 is 6.18 Å². The topological polar surface area (TPSA) is 104 Å². The molecule has 0 saturated heterocycles. The molecule has 0 aliphatic rings. The molecule has 1 amide bonds. The van der Waals surface area contributed by atoms with Gasteiger partial charge in [0.1, 0.15) is 11.4 Å². The van der Waals surface area contributed by atoms with Crippen LogP contribution in [0.1, 0.15) is 22.3 Å². The number of carbonyl (C=O) groups is 1. The van der Waals surface area contributed by atoms with Crippen LogP contribution in [-0.4, -0.2) is 29.0 Å². The van der Waals surface area contributed by atoms with E-state index in [1.807, 2.05) is 0 Å². The standard InChI is InChI=1S/C17H15ClF3N3O4/c18-13-9-14(15(24(27)28)8-12(13)17(19,20)21)22-5-2-6-23-16(26)10-3-1-4-11(25)7-10/h1,3-4,7-9,22,25H,2,5-6H2,(H,23,26). The van der Waals surface area contributed by atoms with Crippen molar-refractivity contribution in [3.05, 3.63) is 62.7 Å². The van der Waals surface area contributed by atoms with Crippen LogP contribution in [-0.2, 0) is 6.18 Å². The van der Waals surface area contributed by atoms with Crippen LogP contribution >= 0.6 is 11.6 Å². The third-order valence-corrected chi connectivity index (χ3v) is 3.96. The minimum Gasteiger partial charge on any atom is -0.508 e. The number of hydrogen-bond donors (Lipinski definition) is 3. The number of anilines is 1. The summed E-state index contributed by atoms with van der Waals surface area (Å²) in [4.78, 5) is 22.0. The summed E-state index contributed by atoms with van der Waals surface area (Å²) in [6.45, 7) is 0.340. The smallest absolute Gasteiger partial charge is 0.418 e. The molecule has 7 nitrogen and oxygen atoms in total. The maximum absolute atomic E-state index is 12.8. The van der Waals surface area contributed by atoms with Crippen LogP contribution in [0, 0.1) is 10.1 Å². The Hall–Kier alpha value is -3.01. The Labute approximate surface area is 162 Å². The Morgan fingerprint density at radius 1 is 1.21 bits per heavy atom. The van der Waals surface area contributed by atoms with Crippen LogP contribution < -0.4 is 10.6 Å². The van der Waals surface area contributed by atoms with Crippen molar-refractivity contribution in [1.29, 1.82) is 0 Å².